The predicted octanol–water partition coefficient (Wildman–Crippen LogP) is 3.09. The van der Waals surface area contributed by atoms with Crippen LogP contribution in [-0.2, 0) is 4.79 Å². The average molecular weight is 304 g/mol. The number of carbonyl (C=O) groups excluding carboxylic acids is 1. The molecule has 20 heavy (non-hydrogen) atoms. The Bertz CT molecular complexity index is 495. The second kappa shape index (κ2) is 5.17. The number of anilines is 2. The molecule has 112 valence electrons. The number of benzene rings is 1. The summed E-state index contributed by atoms with van der Waals surface area (Å²) in [5.74, 6) is -7.43. The Kier molecular flexibility index (Phi) is 4.15. The number of amides is 1. The summed E-state index contributed by atoms with van der Waals surface area (Å²) in [5.41, 5.74) is 4.06. The van der Waals surface area contributed by atoms with Crippen molar-refractivity contribution >= 4 is 17.3 Å². The molecule has 1 aromatic carbocycles. The zero-order valence-corrected chi connectivity index (χ0v) is 9.44. The summed E-state index contributed by atoms with van der Waals surface area (Å²) in [7, 11) is 0. The first-order valence-corrected chi connectivity index (χ1v) is 4.92. The summed E-state index contributed by atoms with van der Waals surface area (Å²) in [6.45, 7) is 0. The normalized spacial score (nSPS) is 12.6. The van der Waals surface area contributed by atoms with Crippen molar-refractivity contribution in [3.63, 3.8) is 0 Å². The van der Waals surface area contributed by atoms with Gasteiger partial charge < -0.3 is 11.1 Å². The topological polar surface area (TPSA) is 55.1 Å². The van der Waals surface area contributed by atoms with Crippen LogP contribution in [0.25, 0.3) is 0 Å². The van der Waals surface area contributed by atoms with Crippen molar-refractivity contribution in [3.05, 3.63) is 24.0 Å². The number of nitrogens with one attached hydrogen (secondary N) is 1. The molecule has 0 aliphatic heterocycles. The number of carbonyl (C=O) groups is 1. The third-order valence-corrected chi connectivity index (χ3v) is 2.18. The fraction of sp³-hybridized carbons (Fsp3) is 0.300. The highest BCUT2D eigenvalue weighted by atomic mass is 19.4. The smallest absolute Gasteiger partial charge is 0.396 e. The molecule has 0 radical (unpaired) electrons. The molecule has 1 rings (SSSR count). The minimum Gasteiger partial charge on any atom is -0.396 e. The van der Waals surface area contributed by atoms with Gasteiger partial charge in [-0.3, -0.25) is 4.79 Å². The number of rotatable bonds is 2. The van der Waals surface area contributed by atoms with Crippen molar-refractivity contribution in [3.8, 4) is 0 Å². The van der Waals surface area contributed by atoms with Gasteiger partial charge in [-0.25, -0.2) is 4.39 Å². The van der Waals surface area contributed by atoms with E-state index >= 15 is 0 Å². The quantitative estimate of drug-likeness (QED) is 0.651. The molecule has 3 nitrogen and oxygen atoms in total. The van der Waals surface area contributed by atoms with Crippen LogP contribution >= 0.6 is 0 Å². The largest absolute Gasteiger partial charge is 0.409 e. The van der Waals surface area contributed by atoms with Gasteiger partial charge in [-0.05, 0) is 18.2 Å². The van der Waals surface area contributed by atoms with E-state index in [1.807, 2.05) is 0 Å². The number of alkyl halides is 6. The first-order chi connectivity index (χ1) is 8.93. The second-order valence-corrected chi connectivity index (χ2v) is 3.74. The van der Waals surface area contributed by atoms with E-state index in [-0.39, 0.29) is 0 Å². The van der Waals surface area contributed by atoms with Crippen molar-refractivity contribution < 1.29 is 35.5 Å². The van der Waals surface area contributed by atoms with E-state index in [2.05, 4.69) is 0 Å². The van der Waals surface area contributed by atoms with Crippen molar-refractivity contribution in [2.45, 2.75) is 12.4 Å². The molecule has 0 fully saturated rings. The molecular weight excluding hydrogens is 297 g/mol. The molecule has 0 saturated carbocycles. The highest BCUT2D eigenvalue weighted by Gasteiger charge is 2.61. The number of hydrogen-bond donors (Lipinski definition) is 2. The van der Waals surface area contributed by atoms with Gasteiger partial charge in [-0.2, -0.15) is 26.3 Å². The van der Waals surface area contributed by atoms with E-state index in [9.17, 15) is 35.5 Å². The molecule has 0 spiro atoms. The first-order valence-electron chi connectivity index (χ1n) is 4.92. The van der Waals surface area contributed by atoms with Gasteiger partial charge >= 0.3 is 12.4 Å². The Hall–Kier alpha value is -2.00. The Balaban J connectivity index is 3.00. The van der Waals surface area contributed by atoms with Crippen LogP contribution in [0.4, 0.5) is 42.1 Å². The fourth-order valence-corrected chi connectivity index (χ4v) is 1.32. The van der Waals surface area contributed by atoms with Crippen LogP contribution in [-0.4, -0.2) is 18.3 Å². The predicted molar refractivity (Wildman–Crippen MR) is 55.0 cm³/mol. The van der Waals surface area contributed by atoms with Crippen molar-refractivity contribution in [1.82, 2.24) is 0 Å². The van der Waals surface area contributed by atoms with Crippen LogP contribution < -0.4 is 11.1 Å². The SMILES string of the molecule is Nc1cc(NC(=O)C(C(F)(F)F)C(F)(F)F)ccc1F. The van der Waals surface area contributed by atoms with E-state index in [1.165, 1.54) is 5.32 Å². The Labute approximate surface area is 107 Å². The molecule has 1 amide bonds. The maximum Gasteiger partial charge on any atom is 0.409 e. The van der Waals surface area contributed by atoms with Crippen LogP contribution in [0, 0.1) is 11.7 Å². The summed E-state index contributed by atoms with van der Waals surface area (Å²) in [5, 5.41) is 1.40. The summed E-state index contributed by atoms with van der Waals surface area (Å²) in [6, 6.07) is 2.19. The minimum atomic E-state index is -5.80. The molecule has 3 N–H and O–H groups in total. The van der Waals surface area contributed by atoms with E-state index < -0.39 is 41.4 Å². The van der Waals surface area contributed by atoms with Gasteiger partial charge in [0.25, 0.3) is 0 Å². The molecular formula is C10H7F7N2O. The molecule has 0 saturated heterocycles. The van der Waals surface area contributed by atoms with Crippen LogP contribution in [0.5, 0.6) is 0 Å². The molecule has 0 unspecified atom stereocenters. The average Bonchev–Trinajstić information content (AvgIpc) is 2.18. The van der Waals surface area contributed by atoms with E-state index in [4.69, 9.17) is 5.73 Å². The lowest BCUT2D eigenvalue weighted by atomic mass is 10.1. The molecule has 0 atom stereocenters. The Morgan fingerprint density at radius 2 is 1.60 bits per heavy atom. The standard InChI is InChI=1S/C10H7F7N2O/c11-5-2-1-4(3-6(5)18)19-8(20)7(9(12,13)14)10(15,16)17/h1-3,7H,18H2,(H,19,20). The lowest BCUT2D eigenvalue weighted by Gasteiger charge is -2.22. The Morgan fingerprint density at radius 3 is 2.00 bits per heavy atom. The van der Waals surface area contributed by atoms with Crippen molar-refractivity contribution in [2.24, 2.45) is 5.92 Å². The van der Waals surface area contributed by atoms with Gasteiger partial charge in [0.05, 0.1) is 5.69 Å². The number of nitrogen functional groups attached to an aromatic ring is 1. The van der Waals surface area contributed by atoms with Gasteiger partial charge in [0.15, 0.2) is 0 Å². The van der Waals surface area contributed by atoms with Crippen LogP contribution in [0.1, 0.15) is 0 Å². The lowest BCUT2D eigenvalue weighted by Crippen LogP contribution is -2.45. The molecule has 0 bridgehead atoms. The molecule has 0 aliphatic carbocycles. The molecule has 10 heteroatoms. The summed E-state index contributed by atoms with van der Waals surface area (Å²) in [6.07, 6.45) is -11.6. The monoisotopic (exact) mass is 304 g/mol. The van der Waals surface area contributed by atoms with Gasteiger partial charge in [0.2, 0.25) is 11.8 Å². The first kappa shape index (κ1) is 16.1. The van der Waals surface area contributed by atoms with E-state index in [0.29, 0.717) is 12.1 Å². The van der Waals surface area contributed by atoms with E-state index in [0.717, 1.165) is 6.07 Å². The van der Waals surface area contributed by atoms with Crippen molar-refractivity contribution in [1.29, 1.82) is 0 Å². The maximum atomic E-state index is 12.8. The summed E-state index contributed by atoms with van der Waals surface area (Å²) < 4.78 is 86.3. The lowest BCUT2D eigenvalue weighted by molar-refractivity contribution is -0.272. The van der Waals surface area contributed by atoms with Gasteiger partial charge in [0, 0.05) is 5.69 Å². The third kappa shape index (κ3) is 3.75. The molecule has 0 aromatic heterocycles. The minimum absolute atomic E-state index is 0.479. The molecule has 0 aliphatic rings. The zero-order chi connectivity index (χ0) is 15.7. The fourth-order valence-electron chi connectivity index (χ4n) is 1.32. The van der Waals surface area contributed by atoms with Crippen LogP contribution in [0.3, 0.4) is 0 Å². The van der Waals surface area contributed by atoms with Gasteiger partial charge in [-0.1, -0.05) is 0 Å². The summed E-state index contributed by atoms with van der Waals surface area (Å²) >= 11 is 0. The van der Waals surface area contributed by atoms with Crippen LogP contribution in [0.15, 0.2) is 18.2 Å². The van der Waals surface area contributed by atoms with E-state index in [1.54, 1.807) is 0 Å². The van der Waals surface area contributed by atoms with Gasteiger partial charge in [-0.15, -0.1) is 0 Å². The number of nitrogens with two attached hydrogens (primary N) is 1. The van der Waals surface area contributed by atoms with Crippen molar-refractivity contribution in [2.75, 3.05) is 11.1 Å². The number of hydrogen-bond acceptors (Lipinski definition) is 2. The highest BCUT2D eigenvalue weighted by Crippen LogP contribution is 2.39. The Morgan fingerprint density at radius 1 is 1.10 bits per heavy atom. The van der Waals surface area contributed by atoms with Crippen LogP contribution in [0.2, 0.25) is 0 Å². The highest BCUT2D eigenvalue weighted by molar-refractivity contribution is 5.94. The number of halogens is 7. The summed E-state index contributed by atoms with van der Waals surface area (Å²) in [4.78, 5) is 11.1. The zero-order valence-electron chi connectivity index (χ0n) is 9.44. The maximum absolute atomic E-state index is 12.8. The second-order valence-electron chi connectivity index (χ2n) is 3.74. The molecule has 1 aromatic rings. The van der Waals surface area contributed by atoms with Gasteiger partial charge in [0.1, 0.15) is 5.82 Å². The molecule has 0 heterocycles. The third-order valence-electron chi connectivity index (χ3n) is 2.18.